The van der Waals surface area contributed by atoms with Crippen LogP contribution in [0.5, 0.6) is 0 Å². The van der Waals surface area contributed by atoms with Crippen LogP contribution in [0.1, 0.15) is 5.69 Å². The van der Waals surface area contributed by atoms with Crippen molar-refractivity contribution < 1.29 is 13.5 Å². The van der Waals surface area contributed by atoms with E-state index < -0.39 is 9.84 Å². The summed E-state index contributed by atoms with van der Waals surface area (Å²) >= 11 is 0. The van der Waals surface area contributed by atoms with E-state index in [1.54, 1.807) is 0 Å². The van der Waals surface area contributed by atoms with Gasteiger partial charge < -0.3 is 10.1 Å². The molecule has 0 amide bonds. The maximum Gasteiger partial charge on any atom is 0.190 e. The van der Waals surface area contributed by atoms with Gasteiger partial charge in [-0.3, -0.25) is 0 Å². The summed E-state index contributed by atoms with van der Waals surface area (Å²) in [7, 11) is -3.16. The summed E-state index contributed by atoms with van der Waals surface area (Å²) in [6.45, 7) is -0.171. The number of H-pyrrole nitrogens is 1. The Kier molecular flexibility index (Phi) is 2.01. The molecular formula is C6H9NO3S. The lowest BCUT2D eigenvalue weighted by atomic mass is 10.5. The number of aliphatic hydroxyl groups is 1. The van der Waals surface area contributed by atoms with Gasteiger partial charge in [0.1, 0.15) is 5.03 Å². The van der Waals surface area contributed by atoms with E-state index >= 15 is 0 Å². The first-order chi connectivity index (χ1) is 5.04. The van der Waals surface area contributed by atoms with Crippen molar-refractivity contribution in [3.8, 4) is 0 Å². The van der Waals surface area contributed by atoms with Gasteiger partial charge in [-0.25, -0.2) is 8.42 Å². The first kappa shape index (κ1) is 8.29. The topological polar surface area (TPSA) is 70.2 Å². The van der Waals surface area contributed by atoms with Gasteiger partial charge >= 0.3 is 0 Å². The molecule has 0 fully saturated rings. The van der Waals surface area contributed by atoms with Crippen molar-refractivity contribution in [2.24, 2.45) is 0 Å². The van der Waals surface area contributed by atoms with Crippen molar-refractivity contribution in [1.82, 2.24) is 4.98 Å². The lowest BCUT2D eigenvalue weighted by Gasteiger charge is -1.91. The normalized spacial score (nSPS) is 11.8. The molecule has 11 heavy (non-hydrogen) atoms. The summed E-state index contributed by atoms with van der Waals surface area (Å²) in [4.78, 5) is 2.56. The van der Waals surface area contributed by atoms with Crippen LogP contribution >= 0.6 is 0 Å². The molecule has 1 rings (SSSR count). The number of nitrogens with one attached hydrogen (secondary N) is 1. The Hall–Kier alpha value is -0.810. The highest BCUT2D eigenvalue weighted by Gasteiger charge is 2.08. The van der Waals surface area contributed by atoms with Crippen LogP contribution in [-0.2, 0) is 16.4 Å². The molecule has 0 saturated heterocycles. The van der Waals surface area contributed by atoms with Gasteiger partial charge in [-0.1, -0.05) is 0 Å². The average molecular weight is 175 g/mol. The van der Waals surface area contributed by atoms with Gasteiger partial charge in [0.15, 0.2) is 9.84 Å². The monoisotopic (exact) mass is 175 g/mol. The van der Waals surface area contributed by atoms with Crippen LogP contribution in [0.15, 0.2) is 17.2 Å². The Morgan fingerprint density at radius 3 is 2.45 bits per heavy atom. The van der Waals surface area contributed by atoms with Gasteiger partial charge in [-0.05, 0) is 12.1 Å². The first-order valence-electron chi connectivity index (χ1n) is 3.03. The second kappa shape index (κ2) is 2.67. The lowest BCUT2D eigenvalue weighted by Crippen LogP contribution is -1.97. The molecule has 0 aliphatic rings. The fourth-order valence-corrected chi connectivity index (χ4v) is 1.36. The van der Waals surface area contributed by atoms with Crippen molar-refractivity contribution in [2.75, 3.05) is 6.26 Å². The maximum atomic E-state index is 10.8. The first-order valence-corrected chi connectivity index (χ1v) is 4.92. The molecule has 1 aromatic rings. The van der Waals surface area contributed by atoms with Crippen molar-refractivity contribution >= 4 is 9.84 Å². The maximum absolute atomic E-state index is 10.8. The molecule has 0 aliphatic heterocycles. The Labute approximate surface area is 64.8 Å². The number of rotatable bonds is 2. The van der Waals surface area contributed by atoms with Crippen LogP contribution in [0.3, 0.4) is 0 Å². The molecule has 5 heteroatoms. The summed E-state index contributed by atoms with van der Waals surface area (Å²) in [5.74, 6) is 0. The number of aromatic amines is 1. The van der Waals surface area contributed by atoms with E-state index in [9.17, 15) is 8.42 Å². The largest absolute Gasteiger partial charge is 0.390 e. The van der Waals surface area contributed by atoms with E-state index in [0.29, 0.717) is 5.69 Å². The summed E-state index contributed by atoms with van der Waals surface area (Å²) in [6, 6.07) is 2.97. The Morgan fingerprint density at radius 1 is 1.55 bits per heavy atom. The van der Waals surface area contributed by atoms with Gasteiger partial charge in [0.25, 0.3) is 0 Å². The highest BCUT2D eigenvalue weighted by Crippen LogP contribution is 2.07. The van der Waals surface area contributed by atoms with Crippen LogP contribution in [0.4, 0.5) is 0 Å². The number of aromatic nitrogens is 1. The molecule has 0 saturated carbocycles. The predicted molar refractivity (Wildman–Crippen MR) is 39.8 cm³/mol. The van der Waals surface area contributed by atoms with Gasteiger partial charge in [-0.2, -0.15) is 0 Å². The molecular weight excluding hydrogens is 166 g/mol. The molecule has 4 nitrogen and oxygen atoms in total. The fraction of sp³-hybridized carbons (Fsp3) is 0.333. The van der Waals surface area contributed by atoms with Gasteiger partial charge in [0.2, 0.25) is 0 Å². The lowest BCUT2D eigenvalue weighted by molar-refractivity contribution is 0.277. The minimum Gasteiger partial charge on any atom is -0.390 e. The van der Waals surface area contributed by atoms with E-state index in [4.69, 9.17) is 5.11 Å². The molecule has 1 aromatic heterocycles. The van der Waals surface area contributed by atoms with Gasteiger partial charge in [0, 0.05) is 11.9 Å². The van der Waals surface area contributed by atoms with E-state index in [-0.39, 0.29) is 11.6 Å². The molecule has 0 aliphatic carbocycles. The second-order valence-electron chi connectivity index (χ2n) is 2.28. The Morgan fingerprint density at radius 2 is 2.18 bits per heavy atom. The number of hydrogen-bond acceptors (Lipinski definition) is 3. The minimum absolute atomic E-state index is 0.140. The quantitative estimate of drug-likeness (QED) is 0.660. The molecule has 0 unspecified atom stereocenters. The Balaban J connectivity index is 3.09. The molecule has 2 N–H and O–H groups in total. The zero-order chi connectivity index (χ0) is 8.48. The summed E-state index contributed by atoms with van der Waals surface area (Å²) < 4.78 is 21.7. The van der Waals surface area contributed by atoms with E-state index in [1.807, 2.05) is 0 Å². The second-order valence-corrected chi connectivity index (χ2v) is 4.26. The zero-order valence-corrected chi connectivity index (χ0v) is 6.85. The number of sulfone groups is 1. The van der Waals surface area contributed by atoms with Gasteiger partial charge in [0.05, 0.1) is 6.61 Å². The third kappa shape index (κ3) is 1.81. The molecule has 62 valence electrons. The summed E-state index contributed by atoms with van der Waals surface area (Å²) in [5.41, 5.74) is 0.505. The van der Waals surface area contributed by atoms with Crippen LogP contribution in [0.2, 0.25) is 0 Å². The molecule has 0 radical (unpaired) electrons. The third-order valence-corrected chi connectivity index (χ3v) is 2.33. The van der Waals surface area contributed by atoms with Crippen molar-refractivity contribution in [1.29, 1.82) is 0 Å². The Bertz CT molecular complexity index is 338. The molecule has 0 bridgehead atoms. The van der Waals surface area contributed by atoms with Crippen molar-refractivity contribution in [3.63, 3.8) is 0 Å². The average Bonchev–Trinajstić information content (AvgIpc) is 2.32. The van der Waals surface area contributed by atoms with Crippen LogP contribution in [0, 0.1) is 0 Å². The molecule has 0 atom stereocenters. The van der Waals surface area contributed by atoms with Gasteiger partial charge in [-0.15, -0.1) is 0 Å². The molecule has 0 spiro atoms. The zero-order valence-electron chi connectivity index (χ0n) is 6.03. The van der Waals surface area contributed by atoms with Crippen LogP contribution in [-0.4, -0.2) is 24.8 Å². The predicted octanol–water partition coefficient (Wildman–Crippen LogP) is -0.0895. The SMILES string of the molecule is CS(=O)(=O)c1ccc(CO)[nH]1. The number of aliphatic hydroxyl groups excluding tert-OH is 1. The highest BCUT2D eigenvalue weighted by atomic mass is 32.2. The number of hydrogen-bond donors (Lipinski definition) is 2. The smallest absolute Gasteiger partial charge is 0.190 e. The van der Waals surface area contributed by atoms with Crippen molar-refractivity contribution in [2.45, 2.75) is 11.6 Å². The molecule has 0 aromatic carbocycles. The van der Waals surface area contributed by atoms with Crippen LogP contribution in [0.25, 0.3) is 0 Å². The summed E-state index contributed by atoms with van der Waals surface area (Å²) in [5, 5.41) is 8.73. The van der Waals surface area contributed by atoms with E-state index in [0.717, 1.165) is 6.26 Å². The highest BCUT2D eigenvalue weighted by molar-refractivity contribution is 7.90. The summed E-state index contributed by atoms with van der Waals surface area (Å²) in [6.07, 6.45) is 1.11. The van der Waals surface area contributed by atoms with E-state index in [1.165, 1.54) is 12.1 Å². The van der Waals surface area contributed by atoms with Crippen molar-refractivity contribution in [3.05, 3.63) is 17.8 Å². The molecule has 1 heterocycles. The third-order valence-electron chi connectivity index (χ3n) is 1.29. The van der Waals surface area contributed by atoms with E-state index in [2.05, 4.69) is 4.98 Å². The minimum atomic E-state index is -3.16. The standard InChI is InChI=1S/C6H9NO3S/c1-11(9,10)6-3-2-5(4-8)7-6/h2-3,7-8H,4H2,1H3. The fourth-order valence-electron chi connectivity index (χ4n) is 0.726. The van der Waals surface area contributed by atoms with Crippen LogP contribution < -0.4 is 0 Å².